The molecule has 1 heterocycles. The number of anilines is 2. The molecule has 1 unspecified atom stereocenters. The molecule has 4 rings (SSSR count). The Kier molecular flexibility index (Phi) is 5.88. The van der Waals surface area contributed by atoms with Gasteiger partial charge in [0.2, 0.25) is 11.8 Å². The predicted molar refractivity (Wildman–Crippen MR) is 130 cm³/mol. The first-order valence-electron chi connectivity index (χ1n) is 10.8. The first-order valence-corrected chi connectivity index (χ1v) is 12.3. The zero-order valence-corrected chi connectivity index (χ0v) is 19.7. The number of nitrogens with zero attached hydrogens (tertiary/aromatic N) is 1. The minimum absolute atomic E-state index is 0.197. The van der Waals surface area contributed by atoms with Gasteiger partial charge in [0.25, 0.3) is 10.0 Å². The summed E-state index contributed by atoms with van der Waals surface area (Å²) in [5.74, 6) is -0.567. The third-order valence-corrected chi connectivity index (χ3v) is 7.83. The van der Waals surface area contributed by atoms with Crippen LogP contribution >= 0.6 is 0 Å². The van der Waals surface area contributed by atoms with Gasteiger partial charge >= 0.3 is 0 Å². The second kappa shape index (κ2) is 8.51. The van der Waals surface area contributed by atoms with Crippen molar-refractivity contribution in [1.29, 1.82) is 0 Å². The summed E-state index contributed by atoms with van der Waals surface area (Å²) < 4.78 is 29.2. The van der Waals surface area contributed by atoms with Gasteiger partial charge in [0.15, 0.2) is 0 Å². The Labute approximate surface area is 193 Å². The van der Waals surface area contributed by atoms with Crippen LogP contribution in [-0.2, 0) is 25.0 Å². The van der Waals surface area contributed by atoms with Crippen molar-refractivity contribution in [3.8, 4) is 0 Å². The first-order chi connectivity index (χ1) is 15.7. The topological polar surface area (TPSA) is 95.6 Å². The van der Waals surface area contributed by atoms with Crippen LogP contribution in [0, 0.1) is 0 Å². The maximum Gasteiger partial charge on any atom is 0.262 e. The average Bonchev–Trinajstić information content (AvgIpc) is 2.79. The second-order valence-electron chi connectivity index (χ2n) is 8.52. The molecule has 1 aliphatic rings. The normalized spacial score (nSPS) is 18.8. The van der Waals surface area contributed by atoms with Gasteiger partial charge in [0, 0.05) is 42.7 Å². The van der Waals surface area contributed by atoms with Gasteiger partial charge in [-0.3, -0.25) is 19.6 Å². The Bertz CT molecular complexity index is 1330. The first kappa shape index (κ1) is 22.8. The Balaban J connectivity index is 1.66. The van der Waals surface area contributed by atoms with Crippen LogP contribution in [0.25, 0.3) is 10.8 Å². The molecule has 1 saturated heterocycles. The molecule has 3 aromatic rings. The Hall–Kier alpha value is -3.39. The van der Waals surface area contributed by atoms with Gasteiger partial charge in [-0.2, -0.15) is 0 Å². The summed E-state index contributed by atoms with van der Waals surface area (Å²) in [4.78, 5) is 26.3. The summed E-state index contributed by atoms with van der Waals surface area (Å²) in [5.41, 5.74) is 1.31. The number of benzene rings is 3. The lowest BCUT2D eigenvalue weighted by molar-refractivity contribution is -0.138. The summed E-state index contributed by atoms with van der Waals surface area (Å²) in [6.07, 6.45) is 1.26. The molecule has 8 heteroatoms. The maximum atomic E-state index is 13.3. The van der Waals surface area contributed by atoms with Crippen LogP contribution in [-0.4, -0.2) is 34.3 Å². The molecule has 0 spiro atoms. The minimum Gasteiger partial charge on any atom is -0.377 e. The van der Waals surface area contributed by atoms with Gasteiger partial charge < -0.3 is 4.90 Å². The summed E-state index contributed by atoms with van der Waals surface area (Å²) in [6.45, 7) is 1.91. The number of sulfonamides is 1. The van der Waals surface area contributed by atoms with Crippen molar-refractivity contribution < 1.29 is 18.0 Å². The number of hydrogen-bond donors (Lipinski definition) is 2. The van der Waals surface area contributed by atoms with Crippen molar-refractivity contribution in [3.63, 3.8) is 0 Å². The molecular weight excluding hydrogens is 438 g/mol. The van der Waals surface area contributed by atoms with Crippen LogP contribution in [0.15, 0.2) is 65.6 Å². The molecule has 3 aromatic carbocycles. The average molecular weight is 466 g/mol. The molecular formula is C25H27N3O4S. The van der Waals surface area contributed by atoms with Crippen LogP contribution in [0.1, 0.15) is 31.7 Å². The Morgan fingerprint density at radius 3 is 2.27 bits per heavy atom. The van der Waals surface area contributed by atoms with Gasteiger partial charge in [0.05, 0.1) is 10.3 Å². The monoisotopic (exact) mass is 465 g/mol. The smallest absolute Gasteiger partial charge is 0.262 e. The van der Waals surface area contributed by atoms with Crippen LogP contribution in [0.3, 0.4) is 0 Å². The lowest BCUT2D eigenvalue weighted by atomic mass is 9.72. The predicted octanol–water partition coefficient (Wildman–Crippen LogP) is 3.79. The number of nitrogens with one attached hydrogen (secondary N) is 2. The van der Waals surface area contributed by atoms with E-state index < -0.39 is 15.4 Å². The quantitative estimate of drug-likeness (QED) is 0.540. The zero-order valence-electron chi connectivity index (χ0n) is 18.9. The molecule has 1 atom stereocenters. The molecule has 0 bridgehead atoms. The van der Waals surface area contributed by atoms with Crippen molar-refractivity contribution in [3.05, 3.63) is 66.2 Å². The molecule has 7 nitrogen and oxygen atoms in total. The highest BCUT2D eigenvalue weighted by Gasteiger charge is 2.42. The molecule has 2 N–H and O–H groups in total. The molecule has 33 heavy (non-hydrogen) atoms. The number of carbonyl (C=O) groups is 2. The highest BCUT2D eigenvalue weighted by Crippen LogP contribution is 2.37. The Morgan fingerprint density at radius 1 is 0.970 bits per heavy atom. The number of hydrogen-bond acceptors (Lipinski definition) is 5. The number of rotatable bonds is 6. The fourth-order valence-electron chi connectivity index (χ4n) is 4.52. The van der Waals surface area contributed by atoms with Gasteiger partial charge in [-0.15, -0.1) is 0 Å². The highest BCUT2D eigenvalue weighted by atomic mass is 32.2. The molecule has 172 valence electrons. The number of imide groups is 1. The largest absolute Gasteiger partial charge is 0.377 e. The molecule has 1 fully saturated rings. The SMILES string of the molecule is CCC1(c2ccc(NS(=O)(=O)c3cccc4c(N(C)C)cccc34)cc2)CCC(=O)NC1=O. The van der Waals surface area contributed by atoms with Gasteiger partial charge in [-0.05, 0) is 42.7 Å². The van der Waals surface area contributed by atoms with Crippen molar-refractivity contribution in [2.45, 2.75) is 36.5 Å². The fraction of sp³-hybridized carbons (Fsp3) is 0.280. The van der Waals surface area contributed by atoms with E-state index in [2.05, 4.69) is 10.0 Å². The number of piperidine rings is 1. The van der Waals surface area contributed by atoms with E-state index in [-0.39, 0.29) is 23.1 Å². The van der Waals surface area contributed by atoms with Crippen LogP contribution in [0.5, 0.6) is 0 Å². The Morgan fingerprint density at radius 2 is 1.64 bits per heavy atom. The number of fused-ring (bicyclic) bond motifs is 1. The van der Waals surface area contributed by atoms with E-state index in [0.717, 1.165) is 16.6 Å². The summed E-state index contributed by atoms with van der Waals surface area (Å²) >= 11 is 0. The standard InChI is InChI=1S/C25H27N3O4S/c1-4-25(16-15-23(29)26-24(25)30)17-11-13-18(14-12-17)27-33(31,32)22-10-6-7-19-20(22)8-5-9-21(19)28(2)3/h5-14,27H,4,15-16H2,1-3H3,(H,26,29,30). The van der Waals surface area contributed by atoms with E-state index in [9.17, 15) is 18.0 Å². The van der Waals surface area contributed by atoms with Crippen molar-refractivity contribution >= 4 is 44.0 Å². The molecule has 0 saturated carbocycles. The third kappa shape index (κ3) is 4.06. The molecule has 1 aliphatic heterocycles. The number of carbonyl (C=O) groups excluding carboxylic acids is 2. The molecule has 0 radical (unpaired) electrons. The second-order valence-corrected chi connectivity index (χ2v) is 10.2. The van der Waals surface area contributed by atoms with Crippen LogP contribution < -0.4 is 14.9 Å². The van der Waals surface area contributed by atoms with E-state index in [4.69, 9.17) is 0 Å². The molecule has 0 aliphatic carbocycles. The van der Waals surface area contributed by atoms with E-state index in [1.807, 2.05) is 44.1 Å². The van der Waals surface area contributed by atoms with Crippen LogP contribution in [0.2, 0.25) is 0 Å². The lowest BCUT2D eigenvalue weighted by Crippen LogP contribution is -2.51. The molecule has 2 amide bonds. The lowest BCUT2D eigenvalue weighted by Gasteiger charge is -2.35. The molecule has 0 aromatic heterocycles. The summed E-state index contributed by atoms with van der Waals surface area (Å²) in [5, 5.41) is 3.92. The van der Waals surface area contributed by atoms with Crippen molar-refractivity contribution in [2.24, 2.45) is 0 Å². The number of amides is 2. The van der Waals surface area contributed by atoms with Gasteiger partial charge in [-0.1, -0.05) is 43.3 Å². The van der Waals surface area contributed by atoms with Crippen molar-refractivity contribution in [2.75, 3.05) is 23.7 Å². The van der Waals surface area contributed by atoms with E-state index in [0.29, 0.717) is 23.9 Å². The summed E-state index contributed by atoms with van der Waals surface area (Å²) in [6, 6.07) is 17.6. The minimum atomic E-state index is -3.85. The summed E-state index contributed by atoms with van der Waals surface area (Å²) in [7, 11) is -0.0155. The van der Waals surface area contributed by atoms with Crippen molar-refractivity contribution in [1.82, 2.24) is 5.32 Å². The van der Waals surface area contributed by atoms with Crippen LogP contribution in [0.4, 0.5) is 11.4 Å². The maximum absolute atomic E-state index is 13.3. The van der Waals surface area contributed by atoms with Gasteiger partial charge in [-0.25, -0.2) is 8.42 Å². The van der Waals surface area contributed by atoms with Gasteiger partial charge in [0.1, 0.15) is 0 Å². The fourth-order valence-corrected chi connectivity index (χ4v) is 5.80. The van der Waals surface area contributed by atoms with E-state index in [1.54, 1.807) is 42.5 Å². The third-order valence-electron chi connectivity index (χ3n) is 6.39. The zero-order chi connectivity index (χ0) is 23.8. The van der Waals surface area contributed by atoms with E-state index >= 15 is 0 Å². The van der Waals surface area contributed by atoms with E-state index in [1.165, 1.54) is 0 Å². The highest BCUT2D eigenvalue weighted by molar-refractivity contribution is 7.93.